The average molecular weight is 308 g/mol. The van der Waals surface area contributed by atoms with Crippen LogP contribution in [0.25, 0.3) is 11.0 Å². The fourth-order valence-electron chi connectivity index (χ4n) is 3.07. The maximum atomic E-state index is 9.73. The second-order valence-corrected chi connectivity index (χ2v) is 6.44. The Morgan fingerprint density at radius 3 is 2.70 bits per heavy atom. The van der Waals surface area contributed by atoms with Gasteiger partial charge in [0.25, 0.3) is 0 Å². The third kappa shape index (κ3) is 2.80. The molecule has 1 saturated carbocycles. The van der Waals surface area contributed by atoms with Gasteiger partial charge in [0.1, 0.15) is 17.8 Å². The van der Waals surface area contributed by atoms with E-state index in [0.29, 0.717) is 0 Å². The van der Waals surface area contributed by atoms with Crippen LogP contribution in [0.5, 0.6) is 0 Å². The molecule has 0 spiro atoms. The van der Waals surface area contributed by atoms with E-state index in [2.05, 4.69) is 44.1 Å². The summed E-state index contributed by atoms with van der Waals surface area (Å²) in [7, 11) is 0. The summed E-state index contributed by atoms with van der Waals surface area (Å²) in [6.07, 6.45) is 5.65. The summed E-state index contributed by atoms with van der Waals surface area (Å²) >= 11 is 0. The van der Waals surface area contributed by atoms with Gasteiger partial charge in [-0.15, -0.1) is 0 Å². The summed E-state index contributed by atoms with van der Waals surface area (Å²) in [5.41, 5.74) is 2.12. The average Bonchev–Trinajstić information content (AvgIpc) is 3.20. The predicted octanol–water partition coefficient (Wildman–Crippen LogP) is 2.74. The monoisotopic (exact) mass is 308 g/mol. The minimum absolute atomic E-state index is 0.0301. The zero-order chi connectivity index (χ0) is 15.7. The van der Waals surface area contributed by atoms with E-state index >= 15 is 0 Å². The highest BCUT2D eigenvalue weighted by molar-refractivity contribution is 5.87. The van der Waals surface area contributed by atoms with Crippen LogP contribution < -0.4 is 4.90 Å². The van der Waals surface area contributed by atoms with Crippen LogP contribution in [-0.4, -0.2) is 33.2 Å². The minimum atomic E-state index is 0.0301. The Labute approximate surface area is 135 Å². The maximum Gasteiger partial charge on any atom is 0.142 e. The highest BCUT2D eigenvalue weighted by Gasteiger charge is 2.43. The van der Waals surface area contributed by atoms with Gasteiger partial charge in [-0.25, -0.2) is 9.97 Å². The van der Waals surface area contributed by atoms with Crippen molar-refractivity contribution >= 4 is 16.9 Å². The van der Waals surface area contributed by atoms with Crippen molar-refractivity contribution in [3.63, 3.8) is 0 Å². The number of nitrogens with zero attached hydrogens (tertiary/aromatic N) is 3. The molecule has 1 fully saturated rings. The standard InChI is InChI=1S/C18H20N4O/c23-12-18(7-8-18)11-22(10-14-4-2-1-3-5-14)17-15-6-9-19-16(15)20-13-21-17/h1-6,9,13,23H,7-8,10-12H2,(H,19,20,21). The van der Waals surface area contributed by atoms with E-state index in [-0.39, 0.29) is 12.0 Å². The van der Waals surface area contributed by atoms with Crippen molar-refractivity contribution in [1.29, 1.82) is 0 Å². The molecule has 0 aliphatic heterocycles. The molecule has 2 heterocycles. The Hall–Kier alpha value is -2.40. The molecule has 2 aromatic heterocycles. The minimum Gasteiger partial charge on any atom is -0.396 e. The van der Waals surface area contributed by atoms with Gasteiger partial charge in [-0.2, -0.15) is 0 Å². The largest absolute Gasteiger partial charge is 0.396 e. The van der Waals surface area contributed by atoms with Crippen molar-refractivity contribution < 1.29 is 5.11 Å². The molecular formula is C18H20N4O. The number of rotatable bonds is 6. The molecule has 5 nitrogen and oxygen atoms in total. The molecule has 1 aliphatic rings. The normalized spacial score (nSPS) is 15.7. The summed E-state index contributed by atoms with van der Waals surface area (Å²) in [5, 5.41) is 10.8. The van der Waals surface area contributed by atoms with Crippen molar-refractivity contribution in [2.45, 2.75) is 19.4 Å². The number of aliphatic hydroxyl groups is 1. The third-order valence-corrected chi connectivity index (χ3v) is 4.67. The number of fused-ring (bicyclic) bond motifs is 1. The molecule has 1 aliphatic carbocycles. The Bertz CT molecular complexity index is 795. The van der Waals surface area contributed by atoms with Gasteiger partial charge in [-0.05, 0) is 24.5 Å². The van der Waals surface area contributed by atoms with Gasteiger partial charge in [0, 0.05) is 24.7 Å². The van der Waals surface area contributed by atoms with Crippen molar-refractivity contribution in [2.75, 3.05) is 18.1 Å². The fraction of sp³-hybridized carbons (Fsp3) is 0.333. The van der Waals surface area contributed by atoms with Crippen molar-refractivity contribution in [3.8, 4) is 0 Å². The van der Waals surface area contributed by atoms with E-state index < -0.39 is 0 Å². The molecule has 2 N–H and O–H groups in total. The number of hydrogen-bond acceptors (Lipinski definition) is 4. The molecule has 118 valence electrons. The van der Waals surface area contributed by atoms with E-state index in [0.717, 1.165) is 42.8 Å². The first-order chi connectivity index (χ1) is 11.3. The van der Waals surface area contributed by atoms with Crippen LogP contribution in [0.15, 0.2) is 48.9 Å². The van der Waals surface area contributed by atoms with Crippen molar-refractivity contribution in [2.24, 2.45) is 5.41 Å². The number of hydrogen-bond donors (Lipinski definition) is 2. The van der Waals surface area contributed by atoms with Crippen LogP contribution >= 0.6 is 0 Å². The van der Waals surface area contributed by atoms with Crippen LogP contribution in [0.1, 0.15) is 18.4 Å². The zero-order valence-corrected chi connectivity index (χ0v) is 12.9. The van der Waals surface area contributed by atoms with Gasteiger partial charge in [0.05, 0.1) is 12.0 Å². The summed E-state index contributed by atoms with van der Waals surface area (Å²) in [6.45, 7) is 1.83. The van der Waals surface area contributed by atoms with Gasteiger partial charge in [0.15, 0.2) is 0 Å². The third-order valence-electron chi connectivity index (χ3n) is 4.67. The first-order valence-electron chi connectivity index (χ1n) is 7.98. The van der Waals surface area contributed by atoms with Crippen molar-refractivity contribution in [3.05, 3.63) is 54.5 Å². The maximum absolute atomic E-state index is 9.73. The van der Waals surface area contributed by atoms with Crippen LogP contribution in [0.2, 0.25) is 0 Å². The fourth-order valence-corrected chi connectivity index (χ4v) is 3.07. The molecule has 0 atom stereocenters. The first-order valence-corrected chi connectivity index (χ1v) is 7.98. The second kappa shape index (κ2) is 5.66. The molecular weight excluding hydrogens is 288 g/mol. The van der Waals surface area contributed by atoms with E-state index in [9.17, 15) is 5.11 Å². The lowest BCUT2D eigenvalue weighted by Gasteiger charge is -2.28. The molecule has 3 aromatic rings. The number of anilines is 1. The van der Waals surface area contributed by atoms with Gasteiger partial charge >= 0.3 is 0 Å². The van der Waals surface area contributed by atoms with E-state index in [1.165, 1.54) is 5.56 Å². The van der Waals surface area contributed by atoms with Gasteiger partial charge in [-0.3, -0.25) is 0 Å². The second-order valence-electron chi connectivity index (χ2n) is 6.44. The number of aromatic amines is 1. The molecule has 0 saturated heterocycles. The van der Waals surface area contributed by atoms with Crippen LogP contribution in [0.3, 0.4) is 0 Å². The Balaban J connectivity index is 1.71. The number of aliphatic hydroxyl groups excluding tert-OH is 1. The molecule has 23 heavy (non-hydrogen) atoms. The molecule has 0 amide bonds. The molecule has 0 radical (unpaired) electrons. The number of H-pyrrole nitrogens is 1. The van der Waals surface area contributed by atoms with E-state index in [4.69, 9.17) is 0 Å². The van der Waals surface area contributed by atoms with E-state index in [1.807, 2.05) is 18.3 Å². The summed E-state index contributed by atoms with van der Waals surface area (Å²) in [4.78, 5) is 14.2. The zero-order valence-electron chi connectivity index (χ0n) is 12.9. The highest BCUT2D eigenvalue weighted by atomic mass is 16.3. The highest BCUT2D eigenvalue weighted by Crippen LogP contribution is 2.46. The molecule has 1 aromatic carbocycles. The van der Waals surface area contributed by atoms with Gasteiger partial charge in [-0.1, -0.05) is 30.3 Å². The van der Waals surface area contributed by atoms with Crippen LogP contribution in [0, 0.1) is 5.41 Å². The summed E-state index contributed by atoms with van der Waals surface area (Å²) in [6, 6.07) is 12.4. The lowest BCUT2D eigenvalue weighted by Crippen LogP contribution is -2.32. The Morgan fingerprint density at radius 2 is 1.96 bits per heavy atom. The van der Waals surface area contributed by atoms with Crippen LogP contribution in [0.4, 0.5) is 5.82 Å². The predicted molar refractivity (Wildman–Crippen MR) is 90.1 cm³/mol. The van der Waals surface area contributed by atoms with Crippen molar-refractivity contribution in [1.82, 2.24) is 15.0 Å². The number of aromatic nitrogens is 3. The lowest BCUT2D eigenvalue weighted by molar-refractivity contribution is 0.213. The Kier molecular flexibility index (Phi) is 3.50. The molecule has 0 bridgehead atoms. The summed E-state index contributed by atoms with van der Waals surface area (Å²) in [5.74, 6) is 0.930. The molecule has 4 rings (SSSR count). The molecule has 5 heteroatoms. The first kappa shape index (κ1) is 14.2. The van der Waals surface area contributed by atoms with E-state index in [1.54, 1.807) is 6.33 Å². The quantitative estimate of drug-likeness (QED) is 0.735. The van der Waals surface area contributed by atoms with Gasteiger partial charge < -0.3 is 15.0 Å². The SMILES string of the molecule is OCC1(CN(Cc2ccccc2)c2ncnc3[nH]ccc23)CC1. The number of benzene rings is 1. The smallest absolute Gasteiger partial charge is 0.142 e. The topological polar surface area (TPSA) is 65.0 Å². The lowest BCUT2D eigenvalue weighted by atomic mass is 10.1. The van der Waals surface area contributed by atoms with Crippen LogP contribution in [-0.2, 0) is 6.54 Å². The summed E-state index contributed by atoms with van der Waals surface area (Å²) < 4.78 is 0. The molecule has 0 unspecified atom stereocenters. The Morgan fingerprint density at radius 1 is 1.13 bits per heavy atom. The van der Waals surface area contributed by atoms with Gasteiger partial charge in [0.2, 0.25) is 0 Å². The number of nitrogens with one attached hydrogen (secondary N) is 1.